The molecule has 0 bridgehead atoms. The minimum atomic E-state index is -0.843. The summed E-state index contributed by atoms with van der Waals surface area (Å²) in [5.74, 6) is -1.14. The first-order chi connectivity index (χ1) is 13.8. The van der Waals surface area contributed by atoms with Gasteiger partial charge < -0.3 is 9.64 Å². The van der Waals surface area contributed by atoms with E-state index in [2.05, 4.69) is 10.9 Å². The summed E-state index contributed by atoms with van der Waals surface area (Å²) in [4.78, 5) is 26.0. The summed E-state index contributed by atoms with van der Waals surface area (Å²) in [6.45, 7) is 1.57. The van der Waals surface area contributed by atoms with Crippen LogP contribution in [0.25, 0.3) is 10.8 Å². The molecule has 0 saturated carbocycles. The van der Waals surface area contributed by atoms with Crippen LogP contribution >= 0.6 is 0 Å². The molecule has 0 aliphatic carbocycles. The Hall–Kier alpha value is -3.61. The molecule has 29 heavy (non-hydrogen) atoms. The first kappa shape index (κ1) is 20.1. The molecule has 0 saturated heterocycles. The number of carbonyl (C=O) groups excluding carboxylic acids is 2. The Labute approximate surface area is 168 Å². The molecule has 7 heteroatoms. The molecule has 3 rings (SSSR count). The van der Waals surface area contributed by atoms with Crippen LogP contribution in [0.4, 0.5) is 10.1 Å². The average Bonchev–Trinajstić information content (AvgIpc) is 2.71. The number of fused-ring (bicyclic) bond motifs is 1. The van der Waals surface area contributed by atoms with E-state index in [4.69, 9.17) is 4.74 Å². The molecule has 1 unspecified atom stereocenters. The number of anilines is 1. The summed E-state index contributed by atoms with van der Waals surface area (Å²) in [5.41, 5.74) is 5.03. The molecular weight excluding hydrogens is 373 g/mol. The molecule has 3 aromatic carbocycles. The molecule has 0 aliphatic rings. The van der Waals surface area contributed by atoms with Gasteiger partial charge in [0.2, 0.25) is 0 Å². The molecule has 6 nitrogen and oxygen atoms in total. The van der Waals surface area contributed by atoms with Crippen molar-refractivity contribution in [3.8, 4) is 5.75 Å². The zero-order chi connectivity index (χ0) is 21.0. The highest BCUT2D eigenvalue weighted by Gasteiger charge is 2.17. The first-order valence-electron chi connectivity index (χ1n) is 9.07. The quantitative estimate of drug-likeness (QED) is 0.651. The third-order valence-corrected chi connectivity index (χ3v) is 4.39. The standard InChI is InChI=1S/C22H22FN3O3/c1-14(29-18-10-8-15-6-4-5-7-16(15)12-18)21(27)24-25-22(28)17-9-11-20(26(2)3)19(23)13-17/h4-14H,1-3H3,(H,24,27)(H,25,28). The van der Waals surface area contributed by atoms with Crippen LogP contribution in [-0.4, -0.2) is 32.0 Å². The average molecular weight is 395 g/mol. The van der Waals surface area contributed by atoms with E-state index in [1.54, 1.807) is 32.0 Å². The highest BCUT2D eigenvalue weighted by atomic mass is 19.1. The lowest BCUT2D eigenvalue weighted by molar-refractivity contribution is -0.128. The molecule has 0 radical (unpaired) electrons. The maximum Gasteiger partial charge on any atom is 0.279 e. The molecule has 0 heterocycles. The molecule has 1 atom stereocenters. The Morgan fingerprint density at radius 3 is 2.38 bits per heavy atom. The molecule has 2 N–H and O–H groups in total. The largest absolute Gasteiger partial charge is 0.481 e. The van der Waals surface area contributed by atoms with E-state index in [9.17, 15) is 14.0 Å². The van der Waals surface area contributed by atoms with Gasteiger partial charge in [-0.3, -0.25) is 20.4 Å². The fraction of sp³-hybridized carbons (Fsp3) is 0.182. The topological polar surface area (TPSA) is 70.7 Å². The predicted octanol–water partition coefficient (Wildman–Crippen LogP) is 3.27. The summed E-state index contributed by atoms with van der Waals surface area (Å²) < 4.78 is 19.7. The highest BCUT2D eigenvalue weighted by molar-refractivity contribution is 5.96. The molecule has 0 spiro atoms. The maximum absolute atomic E-state index is 14.0. The van der Waals surface area contributed by atoms with Gasteiger partial charge in [-0.05, 0) is 48.0 Å². The Morgan fingerprint density at radius 1 is 0.966 bits per heavy atom. The monoisotopic (exact) mass is 395 g/mol. The fourth-order valence-electron chi connectivity index (χ4n) is 2.80. The van der Waals surface area contributed by atoms with E-state index < -0.39 is 23.7 Å². The first-order valence-corrected chi connectivity index (χ1v) is 9.07. The van der Waals surface area contributed by atoms with Crippen molar-refractivity contribution in [2.45, 2.75) is 13.0 Å². The second-order valence-electron chi connectivity index (χ2n) is 6.77. The van der Waals surface area contributed by atoms with Gasteiger partial charge in [-0.2, -0.15) is 0 Å². The van der Waals surface area contributed by atoms with Crippen LogP contribution < -0.4 is 20.5 Å². The van der Waals surface area contributed by atoms with Crippen molar-refractivity contribution in [1.29, 1.82) is 0 Å². The van der Waals surface area contributed by atoms with Gasteiger partial charge in [-0.15, -0.1) is 0 Å². The summed E-state index contributed by atoms with van der Waals surface area (Å²) >= 11 is 0. The number of rotatable bonds is 5. The fourth-order valence-corrected chi connectivity index (χ4v) is 2.80. The molecule has 3 aromatic rings. The SMILES string of the molecule is CC(Oc1ccc2ccccc2c1)C(=O)NNC(=O)c1ccc(N(C)C)c(F)c1. The Morgan fingerprint density at radius 2 is 1.69 bits per heavy atom. The molecular formula is C22H22FN3O3. The number of ether oxygens (including phenoxy) is 1. The van der Waals surface area contributed by atoms with Gasteiger partial charge in [0.1, 0.15) is 11.6 Å². The third-order valence-electron chi connectivity index (χ3n) is 4.39. The van der Waals surface area contributed by atoms with Crippen LogP contribution in [0.15, 0.2) is 60.7 Å². The Kier molecular flexibility index (Phi) is 5.97. The lowest BCUT2D eigenvalue weighted by Crippen LogP contribution is -2.47. The second kappa shape index (κ2) is 8.60. The van der Waals surface area contributed by atoms with Gasteiger partial charge in [0.25, 0.3) is 11.8 Å². The minimum Gasteiger partial charge on any atom is -0.481 e. The zero-order valence-corrected chi connectivity index (χ0v) is 16.4. The molecule has 2 amide bonds. The summed E-state index contributed by atoms with van der Waals surface area (Å²) in [6, 6.07) is 17.4. The number of nitrogens with zero attached hydrogens (tertiary/aromatic N) is 1. The number of hydrogen-bond acceptors (Lipinski definition) is 4. The predicted molar refractivity (Wildman–Crippen MR) is 110 cm³/mol. The molecule has 150 valence electrons. The van der Waals surface area contributed by atoms with E-state index in [-0.39, 0.29) is 5.56 Å². The molecule has 0 aliphatic heterocycles. The number of amides is 2. The van der Waals surface area contributed by atoms with Crippen LogP contribution in [-0.2, 0) is 4.79 Å². The van der Waals surface area contributed by atoms with Crippen LogP contribution in [0.5, 0.6) is 5.75 Å². The normalized spacial score (nSPS) is 11.6. The van der Waals surface area contributed by atoms with Crippen molar-refractivity contribution >= 4 is 28.3 Å². The highest BCUT2D eigenvalue weighted by Crippen LogP contribution is 2.21. The van der Waals surface area contributed by atoms with Crippen molar-refractivity contribution in [3.05, 3.63) is 72.0 Å². The second-order valence-corrected chi connectivity index (χ2v) is 6.77. The lowest BCUT2D eigenvalue weighted by atomic mass is 10.1. The number of hydrazine groups is 1. The zero-order valence-electron chi connectivity index (χ0n) is 16.4. The Bertz CT molecular complexity index is 1050. The number of benzene rings is 3. The molecule has 0 aromatic heterocycles. The van der Waals surface area contributed by atoms with E-state index in [1.807, 2.05) is 36.4 Å². The number of hydrogen-bond donors (Lipinski definition) is 2. The molecule has 0 fully saturated rings. The van der Waals surface area contributed by atoms with Crippen molar-refractivity contribution in [2.75, 3.05) is 19.0 Å². The minimum absolute atomic E-state index is 0.0940. The van der Waals surface area contributed by atoms with Crippen molar-refractivity contribution in [1.82, 2.24) is 10.9 Å². The number of nitrogens with one attached hydrogen (secondary N) is 2. The van der Waals surface area contributed by atoms with Gasteiger partial charge in [0, 0.05) is 19.7 Å². The van der Waals surface area contributed by atoms with E-state index >= 15 is 0 Å². The number of halogens is 1. The van der Waals surface area contributed by atoms with Crippen LogP contribution in [0.2, 0.25) is 0 Å². The smallest absolute Gasteiger partial charge is 0.279 e. The van der Waals surface area contributed by atoms with Gasteiger partial charge in [-0.1, -0.05) is 30.3 Å². The summed E-state index contributed by atoms with van der Waals surface area (Å²) in [5, 5.41) is 2.06. The van der Waals surface area contributed by atoms with Crippen molar-refractivity contribution in [2.24, 2.45) is 0 Å². The van der Waals surface area contributed by atoms with Crippen LogP contribution in [0.3, 0.4) is 0 Å². The van der Waals surface area contributed by atoms with E-state index in [0.29, 0.717) is 11.4 Å². The van der Waals surface area contributed by atoms with Gasteiger partial charge >= 0.3 is 0 Å². The third kappa shape index (κ3) is 4.82. The summed E-state index contributed by atoms with van der Waals surface area (Å²) in [7, 11) is 3.41. The van der Waals surface area contributed by atoms with Crippen molar-refractivity contribution in [3.63, 3.8) is 0 Å². The van der Waals surface area contributed by atoms with Gasteiger partial charge in [0.05, 0.1) is 5.69 Å². The van der Waals surface area contributed by atoms with Gasteiger partial charge in [0.15, 0.2) is 6.10 Å². The van der Waals surface area contributed by atoms with Crippen LogP contribution in [0, 0.1) is 5.82 Å². The van der Waals surface area contributed by atoms with Crippen molar-refractivity contribution < 1.29 is 18.7 Å². The van der Waals surface area contributed by atoms with Gasteiger partial charge in [-0.25, -0.2) is 4.39 Å². The Balaban J connectivity index is 1.57. The lowest BCUT2D eigenvalue weighted by Gasteiger charge is -2.16. The van der Waals surface area contributed by atoms with E-state index in [0.717, 1.165) is 16.8 Å². The summed E-state index contributed by atoms with van der Waals surface area (Å²) in [6.07, 6.45) is -0.843. The van der Waals surface area contributed by atoms with Crippen LogP contribution in [0.1, 0.15) is 17.3 Å². The number of carbonyl (C=O) groups is 2. The maximum atomic E-state index is 14.0. The van der Waals surface area contributed by atoms with E-state index in [1.165, 1.54) is 12.1 Å².